The van der Waals surface area contributed by atoms with Gasteiger partial charge in [-0.1, -0.05) is 6.07 Å². The maximum absolute atomic E-state index is 8.77. The molecule has 13 heavy (non-hydrogen) atoms. The van der Waals surface area contributed by atoms with E-state index in [9.17, 15) is 0 Å². The van der Waals surface area contributed by atoms with E-state index in [2.05, 4.69) is 11.4 Å². The summed E-state index contributed by atoms with van der Waals surface area (Å²) in [5.74, 6) is 0. The van der Waals surface area contributed by atoms with E-state index in [4.69, 9.17) is 11.0 Å². The Morgan fingerprint density at radius 1 is 1.54 bits per heavy atom. The van der Waals surface area contributed by atoms with Crippen molar-refractivity contribution in [1.29, 1.82) is 5.26 Å². The summed E-state index contributed by atoms with van der Waals surface area (Å²) >= 11 is 0. The highest BCUT2D eigenvalue weighted by atomic mass is 14.9. The Bertz CT molecular complexity index is 325. The lowest BCUT2D eigenvalue weighted by atomic mass is 10.1. The van der Waals surface area contributed by atoms with E-state index in [1.807, 2.05) is 25.1 Å². The first-order valence-corrected chi connectivity index (χ1v) is 4.22. The van der Waals surface area contributed by atoms with Crippen molar-refractivity contribution >= 4 is 5.69 Å². The second-order valence-electron chi connectivity index (χ2n) is 2.86. The van der Waals surface area contributed by atoms with Gasteiger partial charge in [0.1, 0.15) is 0 Å². The number of hydrogen-bond donors (Lipinski definition) is 2. The van der Waals surface area contributed by atoms with Gasteiger partial charge in [0.25, 0.3) is 0 Å². The highest BCUT2D eigenvalue weighted by Crippen LogP contribution is 2.13. The highest BCUT2D eigenvalue weighted by Gasteiger charge is 1.97. The number of nitriles is 1. The Morgan fingerprint density at radius 3 is 2.92 bits per heavy atom. The quantitative estimate of drug-likeness (QED) is 0.726. The molecule has 0 heterocycles. The Balaban J connectivity index is 2.82. The van der Waals surface area contributed by atoms with Crippen molar-refractivity contribution < 1.29 is 0 Å². The Hall–Kier alpha value is -1.53. The zero-order valence-electron chi connectivity index (χ0n) is 7.67. The minimum atomic E-state index is 0.593. The van der Waals surface area contributed by atoms with E-state index in [1.54, 1.807) is 0 Å². The van der Waals surface area contributed by atoms with E-state index < -0.39 is 0 Å². The molecule has 0 saturated carbocycles. The number of rotatable bonds is 3. The molecule has 0 aliphatic rings. The molecule has 0 amide bonds. The molecule has 0 saturated heterocycles. The maximum atomic E-state index is 8.77. The lowest BCUT2D eigenvalue weighted by Crippen LogP contribution is -2.13. The second kappa shape index (κ2) is 4.48. The standard InChI is InChI=1S/C10H13N3/c1-8-2-3-10(13-5-4-11)6-9(8)7-12/h2-3,6,13H,4-5,11H2,1H3. The molecule has 1 aromatic rings. The molecule has 0 spiro atoms. The summed E-state index contributed by atoms with van der Waals surface area (Å²) in [6, 6.07) is 7.86. The van der Waals surface area contributed by atoms with Crippen LogP contribution in [0.25, 0.3) is 0 Å². The molecule has 0 aliphatic carbocycles. The number of nitrogens with one attached hydrogen (secondary N) is 1. The highest BCUT2D eigenvalue weighted by molar-refractivity contribution is 5.52. The number of hydrogen-bond acceptors (Lipinski definition) is 3. The second-order valence-corrected chi connectivity index (χ2v) is 2.86. The van der Waals surface area contributed by atoms with Crippen molar-refractivity contribution in [2.24, 2.45) is 5.73 Å². The van der Waals surface area contributed by atoms with Gasteiger partial charge in [-0.15, -0.1) is 0 Å². The fraction of sp³-hybridized carbons (Fsp3) is 0.300. The van der Waals surface area contributed by atoms with Crippen LogP contribution in [0.4, 0.5) is 5.69 Å². The third-order valence-electron chi connectivity index (χ3n) is 1.83. The average Bonchev–Trinajstić information content (AvgIpc) is 2.16. The number of nitrogens with two attached hydrogens (primary N) is 1. The molecule has 1 aromatic carbocycles. The van der Waals surface area contributed by atoms with E-state index in [-0.39, 0.29) is 0 Å². The SMILES string of the molecule is Cc1ccc(NCCN)cc1C#N. The van der Waals surface area contributed by atoms with Crippen LogP contribution in [0.15, 0.2) is 18.2 Å². The topological polar surface area (TPSA) is 61.8 Å². The molecular formula is C10H13N3. The summed E-state index contributed by atoms with van der Waals surface area (Å²) in [5.41, 5.74) is 8.01. The first kappa shape index (κ1) is 9.56. The fourth-order valence-electron chi connectivity index (χ4n) is 1.07. The van der Waals surface area contributed by atoms with Crippen molar-refractivity contribution in [3.8, 4) is 6.07 Å². The van der Waals surface area contributed by atoms with E-state index in [0.29, 0.717) is 12.1 Å². The van der Waals surface area contributed by atoms with Crippen LogP contribution in [0.5, 0.6) is 0 Å². The molecule has 3 heteroatoms. The van der Waals surface area contributed by atoms with Crippen molar-refractivity contribution in [2.75, 3.05) is 18.4 Å². The Labute approximate surface area is 78.2 Å². The van der Waals surface area contributed by atoms with Crippen LogP contribution in [-0.4, -0.2) is 13.1 Å². The van der Waals surface area contributed by atoms with Gasteiger partial charge in [-0.05, 0) is 24.6 Å². The van der Waals surface area contributed by atoms with Crippen LogP contribution in [0.3, 0.4) is 0 Å². The van der Waals surface area contributed by atoms with Gasteiger partial charge < -0.3 is 11.1 Å². The monoisotopic (exact) mass is 175 g/mol. The molecule has 0 atom stereocenters. The van der Waals surface area contributed by atoms with Crippen molar-refractivity contribution in [3.63, 3.8) is 0 Å². The zero-order chi connectivity index (χ0) is 9.68. The van der Waals surface area contributed by atoms with Crippen LogP contribution < -0.4 is 11.1 Å². The van der Waals surface area contributed by atoms with Crippen molar-refractivity contribution in [2.45, 2.75) is 6.92 Å². The fourth-order valence-corrected chi connectivity index (χ4v) is 1.07. The van der Waals surface area contributed by atoms with E-state index in [1.165, 1.54) is 0 Å². The summed E-state index contributed by atoms with van der Waals surface area (Å²) < 4.78 is 0. The number of nitrogens with zero attached hydrogens (tertiary/aromatic N) is 1. The summed E-state index contributed by atoms with van der Waals surface area (Å²) in [5, 5.41) is 11.9. The summed E-state index contributed by atoms with van der Waals surface area (Å²) in [4.78, 5) is 0. The van der Waals surface area contributed by atoms with E-state index in [0.717, 1.165) is 17.8 Å². The molecule has 0 bridgehead atoms. The van der Waals surface area contributed by atoms with Crippen molar-refractivity contribution in [3.05, 3.63) is 29.3 Å². The minimum Gasteiger partial charge on any atom is -0.384 e. The van der Waals surface area contributed by atoms with Gasteiger partial charge in [0.15, 0.2) is 0 Å². The number of benzene rings is 1. The van der Waals surface area contributed by atoms with Crippen LogP contribution in [0.2, 0.25) is 0 Å². The van der Waals surface area contributed by atoms with Gasteiger partial charge in [-0.3, -0.25) is 0 Å². The summed E-state index contributed by atoms with van der Waals surface area (Å²) in [6.07, 6.45) is 0. The van der Waals surface area contributed by atoms with E-state index >= 15 is 0 Å². The minimum absolute atomic E-state index is 0.593. The summed E-state index contributed by atoms with van der Waals surface area (Å²) in [6.45, 7) is 3.24. The van der Waals surface area contributed by atoms with Gasteiger partial charge >= 0.3 is 0 Å². The lowest BCUT2D eigenvalue weighted by molar-refractivity contribution is 1.02. The normalized spacial score (nSPS) is 9.31. The van der Waals surface area contributed by atoms with Gasteiger partial charge in [0.05, 0.1) is 11.6 Å². The van der Waals surface area contributed by atoms with Gasteiger partial charge in [0.2, 0.25) is 0 Å². The van der Waals surface area contributed by atoms with Crippen molar-refractivity contribution in [1.82, 2.24) is 0 Å². The largest absolute Gasteiger partial charge is 0.384 e. The van der Waals surface area contributed by atoms with Gasteiger partial charge in [-0.25, -0.2) is 0 Å². The maximum Gasteiger partial charge on any atom is 0.0995 e. The first-order valence-electron chi connectivity index (χ1n) is 4.22. The van der Waals surface area contributed by atoms with Crippen LogP contribution >= 0.6 is 0 Å². The lowest BCUT2D eigenvalue weighted by Gasteiger charge is -2.05. The smallest absolute Gasteiger partial charge is 0.0995 e. The number of aryl methyl sites for hydroxylation is 1. The predicted octanol–water partition coefficient (Wildman–Crippen LogP) is 1.24. The molecular weight excluding hydrogens is 162 g/mol. The molecule has 0 unspecified atom stereocenters. The zero-order valence-corrected chi connectivity index (χ0v) is 7.67. The average molecular weight is 175 g/mol. The van der Waals surface area contributed by atoms with Crippen LogP contribution in [-0.2, 0) is 0 Å². The molecule has 1 rings (SSSR count). The Kier molecular flexibility index (Phi) is 3.30. The van der Waals surface area contributed by atoms with Gasteiger partial charge in [0, 0.05) is 18.8 Å². The molecule has 0 radical (unpaired) electrons. The van der Waals surface area contributed by atoms with Crippen LogP contribution in [0, 0.1) is 18.3 Å². The first-order chi connectivity index (χ1) is 6.27. The molecule has 0 aromatic heterocycles. The third-order valence-corrected chi connectivity index (χ3v) is 1.83. The molecule has 68 valence electrons. The third kappa shape index (κ3) is 2.46. The number of anilines is 1. The van der Waals surface area contributed by atoms with Gasteiger partial charge in [-0.2, -0.15) is 5.26 Å². The predicted molar refractivity (Wildman–Crippen MR) is 53.4 cm³/mol. The Morgan fingerprint density at radius 2 is 2.31 bits per heavy atom. The van der Waals surface area contributed by atoms with Crippen LogP contribution in [0.1, 0.15) is 11.1 Å². The molecule has 3 N–H and O–H groups in total. The molecule has 0 fully saturated rings. The molecule has 3 nitrogen and oxygen atoms in total. The molecule has 0 aliphatic heterocycles. The summed E-state index contributed by atoms with van der Waals surface area (Å²) in [7, 11) is 0.